The third kappa shape index (κ3) is 14.0. The first kappa shape index (κ1) is 8.97. The number of hydrogen-bond acceptors (Lipinski definition) is 0. The molecule has 0 atom stereocenters. The third-order valence-electron chi connectivity index (χ3n) is 0.333. The van der Waals surface area contributed by atoms with Crippen LogP contribution in [0.1, 0.15) is 13.8 Å². The molecule has 0 radical (unpaired) electrons. The summed E-state index contributed by atoms with van der Waals surface area (Å²) in [7, 11) is 0. The van der Waals surface area contributed by atoms with E-state index in [1.807, 2.05) is 26.0 Å². The lowest BCUT2D eigenvalue weighted by molar-refractivity contribution is 1.64. The Labute approximate surface area is 43.7 Å². The van der Waals surface area contributed by atoms with E-state index in [0.717, 1.165) is 0 Å². The van der Waals surface area contributed by atoms with Crippen molar-refractivity contribution in [1.29, 1.82) is 0 Å². The SMILES string of the molecule is Br.CC=CC. The van der Waals surface area contributed by atoms with Crippen molar-refractivity contribution in [3.05, 3.63) is 12.2 Å². The summed E-state index contributed by atoms with van der Waals surface area (Å²) in [4.78, 5) is 0. The molecule has 0 bridgehead atoms. The van der Waals surface area contributed by atoms with E-state index in [1.54, 1.807) is 0 Å². The van der Waals surface area contributed by atoms with E-state index in [1.165, 1.54) is 0 Å². The molecule has 0 heterocycles. The Balaban J connectivity index is 0. The lowest BCUT2D eigenvalue weighted by Gasteiger charge is -1.49. The fourth-order valence-electron chi connectivity index (χ4n) is 0. The molecule has 0 aliphatic rings. The van der Waals surface area contributed by atoms with E-state index in [2.05, 4.69) is 0 Å². The molecule has 0 N–H and O–H groups in total. The number of allylic oxidation sites excluding steroid dienone is 2. The maximum Gasteiger partial charge on any atom is -0.0470 e. The first-order chi connectivity index (χ1) is 1.91. The van der Waals surface area contributed by atoms with E-state index >= 15 is 0 Å². The highest BCUT2D eigenvalue weighted by molar-refractivity contribution is 8.93. The topological polar surface area (TPSA) is 0 Å². The first-order valence-corrected chi connectivity index (χ1v) is 1.49. The predicted molar refractivity (Wildman–Crippen MR) is 30.8 cm³/mol. The summed E-state index contributed by atoms with van der Waals surface area (Å²) in [6.45, 7) is 4.00. The van der Waals surface area contributed by atoms with Crippen molar-refractivity contribution in [3.63, 3.8) is 0 Å². The van der Waals surface area contributed by atoms with Gasteiger partial charge in [0, 0.05) is 0 Å². The standard InChI is InChI=1S/C4H8.BrH/c1-3-4-2;/h3-4H,1-2H3;1H. The van der Waals surface area contributed by atoms with E-state index in [-0.39, 0.29) is 17.0 Å². The van der Waals surface area contributed by atoms with Gasteiger partial charge in [-0.15, -0.1) is 17.0 Å². The largest absolute Gasteiger partial charge is 0.114 e. The highest BCUT2D eigenvalue weighted by atomic mass is 79.9. The zero-order valence-electron chi connectivity index (χ0n) is 3.56. The molecule has 0 aliphatic heterocycles. The fourth-order valence-corrected chi connectivity index (χ4v) is 0. The van der Waals surface area contributed by atoms with Gasteiger partial charge in [0.25, 0.3) is 0 Å². The van der Waals surface area contributed by atoms with Crippen LogP contribution in [-0.2, 0) is 0 Å². The van der Waals surface area contributed by atoms with Crippen molar-refractivity contribution in [2.75, 3.05) is 0 Å². The molecule has 32 valence electrons. The molecular formula is C4H9Br. The van der Waals surface area contributed by atoms with Crippen LogP contribution >= 0.6 is 17.0 Å². The molecule has 0 amide bonds. The molecule has 0 saturated carbocycles. The van der Waals surface area contributed by atoms with Crippen LogP contribution < -0.4 is 0 Å². The quantitative estimate of drug-likeness (QED) is 0.449. The maximum atomic E-state index is 2.00. The second-order valence-electron chi connectivity index (χ2n) is 0.667. The zero-order valence-corrected chi connectivity index (χ0v) is 5.28. The number of rotatable bonds is 0. The van der Waals surface area contributed by atoms with E-state index in [4.69, 9.17) is 0 Å². The van der Waals surface area contributed by atoms with Gasteiger partial charge in [-0.3, -0.25) is 0 Å². The van der Waals surface area contributed by atoms with Crippen LogP contribution in [0, 0.1) is 0 Å². The smallest absolute Gasteiger partial charge is 0.0470 e. The van der Waals surface area contributed by atoms with Crippen LogP contribution in [0.15, 0.2) is 12.2 Å². The molecular weight excluding hydrogens is 128 g/mol. The maximum absolute atomic E-state index is 2.00. The minimum absolute atomic E-state index is 0. The number of hydrogen-bond donors (Lipinski definition) is 0. The normalized spacial score (nSPS) is 7.60. The lowest BCUT2D eigenvalue weighted by Crippen LogP contribution is -1.26. The average molecular weight is 137 g/mol. The zero-order chi connectivity index (χ0) is 3.41. The van der Waals surface area contributed by atoms with Crippen LogP contribution in [0.25, 0.3) is 0 Å². The molecule has 0 unspecified atom stereocenters. The fraction of sp³-hybridized carbons (Fsp3) is 0.500. The molecule has 0 fully saturated rings. The molecule has 0 rings (SSSR count). The molecule has 5 heavy (non-hydrogen) atoms. The molecule has 0 aromatic rings. The summed E-state index contributed by atoms with van der Waals surface area (Å²) < 4.78 is 0. The van der Waals surface area contributed by atoms with Crippen molar-refractivity contribution >= 4 is 17.0 Å². The summed E-state index contributed by atoms with van der Waals surface area (Å²) in [6.07, 6.45) is 4.00. The van der Waals surface area contributed by atoms with Gasteiger partial charge in [0.05, 0.1) is 0 Å². The van der Waals surface area contributed by atoms with Gasteiger partial charge in [-0.2, -0.15) is 0 Å². The second kappa shape index (κ2) is 8.88. The van der Waals surface area contributed by atoms with Crippen molar-refractivity contribution in [2.24, 2.45) is 0 Å². The van der Waals surface area contributed by atoms with E-state index in [9.17, 15) is 0 Å². The van der Waals surface area contributed by atoms with Crippen molar-refractivity contribution in [2.45, 2.75) is 13.8 Å². The molecule has 0 aromatic heterocycles. The Morgan fingerprint density at radius 3 is 1.20 bits per heavy atom. The van der Waals surface area contributed by atoms with Crippen molar-refractivity contribution < 1.29 is 0 Å². The van der Waals surface area contributed by atoms with Crippen molar-refractivity contribution in [3.8, 4) is 0 Å². The van der Waals surface area contributed by atoms with Gasteiger partial charge in [-0.05, 0) is 13.8 Å². The highest BCUT2D eigenvalue weighted by Gasteiger charge is 1.34. The predicted octanol–water partition coefficient (Wildman–Crippen LogP) is 2.16. The summed E-state index contributed by atoms with van der Waals surface area (Å²) in [5.74, 6) is 0. The Hall–Kier alpha value is 0.220. The van der Waals surface area contributed by atoms with Crippen LogP contribution in [0.5, 0.6) is 0 Å². The highest BCUT2D eigenvalue weighted by Crippen LogP contribution is 1.57. The van der Waals surface area contributed by atoms with Gasteiger partial charge in [0.1, 0.15) is 0 Å². The number of halogens is 1. The van der Waals surface area contributed by atoms with Crippen LogP contribution in [0.2, 0.25) is 0 Å². The van der Waals surface area contributed by atoms with Gasteiger partial charge >= 0.3 is 0 Å². The Kier molecular flexibility index (Phi) is 15.9. The van der Waals surface area contributed by atoms with Gasteiger partial charge < -0.3 is 0 Å². The molecule has 0 aromatic carbocycles. The van der Waals surface area contributed by atoms with E-state index in [0.29, 0.717) is 0 Å². The Bertz CT molecular complexity index is 18.8. The van der Waals surface area contributed by atoms with Crippen LogP contribution in [-0.4, -0.2) is 0 Å². The lowest BCUT2D eigenvalue weighted by atomic mass is 10.6. The van der Waals surface area contributed by atoms with Crippen LogP contribution in [0.4, 0.5) is 0 Å². The monoisotopic (exact) mass is 136 g/mol. The Morgan fingerprint density at radius 1 is 1.00 bits per heavy atom. The molecule has 0 saturated heterocycles. The Morgan fingerprint density at radius 2 is 1.20 bits per heavy atom. The van der Waals surface area contributed by atoms with Gasteiger partial charge in [-0.1, -0.05) is 12.2 Å². The summed E-state index contributed by atoms with van der Waals surface area (Å²) in [6, 6.07) is 0. The summed E-state index contributed by atoms with van der Waals surface area (Å²) in [5.41, 5.74) is 0. The molecule has 0 spiro atoms. The van der Waals surface area contributed by atoms with Gasteiger partial charge in [-0.25, -0.2) is 0 Å². The minimum atomic E-state index is 0. The average Bonchev–Trinajstić information content (AvgIpc) is 1.37. The summed E-state index contributed by atoms with van der Waals surface area (Å²) in [5, 5.41) is 0. The first-order valence-electron chi connectivity index (χ1n) is 1.49. The van der Waals surface area contributed by atoms with E-state index < -0.39 is 0 Å². The molecule has 0 nitrogen and oxygen atoms in total. The third-order valence-corrected chi connectivity index (χ3v) is 0.333. The van der Waals surface area contributed by atoms with Crippen LogP contribution in [0.3, 0.4) is 0 Å². The molecule has 1 heteroatoms. The second-order valence-corrected chi connectivity index (χ2v) is 0.667. The summed E-state index contributed by atoms with van der Waals surface area (Å²) >= 11 is 0. The minimum Gasteiger partial charge on any atom is -0.114 e. The molecule has 0 aliphatic carbocycles. The van der Waals surface area contributed by atoms with Gasteiger partial charge in [0.2, 0.25) is 0 Å². The van der Waals surface area contributed by atoms with Gasteiger partial charge in [0.15, 0.2) is 0 Å². The van der Waals surface area contributed by atoms with Crippen molar-refractivity contribution in [1.82, 2.24) is 0 Å².